The normalized spacial score (nSPS) is 14.1. The molecule has 0 radical (unpaired) electrons. The van der Waals surface area contributed by atoms with Gasteiger partial charge in [0.15, 0.2) is 0 Å². The molecule has 0 rings (SSSR count). The predicted octanol–water partition coefficient (Wildman–Crippen LogP) is 14.9. The summed E-state index contributed by atoms with van der Waals surface area (Å²) in [7, 11) is 0. The maximum atomic E-state index is 13.2. The lowest BCUT2D eigenvalue weighted by Crippen LogP contribution is -2.46. The van der Waals surface area contributed by atoms with Crippen LogP contribution in [0.5, 0.6) is 0 Å². The third kappa shape index (κ3) is 43.2. The number of amides is 1. The zero-order valence-corrected chi connectivity index (χ0v) is 39.5. The quantitative estimate of drug-likeness (QED) is 0.0246. The van der Waals surface area contributed by atoms with Crippen molar-refractivity contribution in [1.29, 1.82) is 0 Å². The third-order valence-corrected chi connectivity index (χ3v) is 10.7. The van der Waals surface area contributed by atoms with Crippen LogP contribution in [0.3, 0.4) is 0 Å². The number of carbonyl (C=O) groups excluding carboxylic acids is 2. The van der Waals surface area contributed by atoms with E-state index >= 15 is 0 Å². The van der Waals surface area contributed by atoms with Gasteiger partial charge >= 0.3 is 5.97 Å². The van der Waals surface area contributed by atoms with Crippen molar-refractivity contribution in [2.24, 2.45) is 0 Å². The topological polar surface area (TPSA) is 95.9 Å². The van der Waals surface area contributed by atoms with Crippen LogP contribution in [0.1, 0.15) is 213 Å². The molecule has 0 spiro atoms. The zero-order valence-electron chi connectivity index (χ0n) is 39.5. The molecule has 348 valence electrons. The molecule has 3 unspecified atom stereocenters. The maximum Gasteiger partial charge on any atom is 0.306 e. The molecule has 3 N–H and O–H groups in total. The van der Waals surface area contributed by atoms with Gasteiger partial charge in [-0.25, -0.2) is 0 Å². The minimum atomic E-state index is -0.820. The minimum absolute atomic E-state index is 0.0134. The molecule has 0 aromatic carbocycles. The van der Waals surface area contributed by atoms with Gasteiger partial charge in [-0.15, -0.1) is 0 Å². The minimum Gasteiger partial charge on any atom is -0.461 e. The molecule has 3 atom stereocenters. The lowest BCUT2D eigenvalue weighted by atomic mass is 10.0. The van der Waals surface area contributed by atoms with E-state index in [-0.39, 0.29) is 24.9 Å². The van der Waals surface area contributed by atoms with Gasteiger partial charge in [0.25, 0.3) is 0 Å². The molecule has 0 aliphatic heterocycles. The highest BCUT2D eigenvalue weighted by Crippen LogP contribution is 2.16. The van der Waals surface area contributed by atoms with Crippen LogP contribution < -0.4 is 5.32 Å². The van der Waals surface area contributed by atoms with Gasteiger partial charge in [-0.2, -0.15) is 0 Å². The Labute approximate surface area is 376 Å². The SMILES string of the molecule is CC/C=C/C=C/C=C/C=C\CCCCCCCC(=O)OC(C/C=C\C/C=C\C/C=C\C/C=C\CCCCC)CC(=O)NC(CO)C(O)CCCCCCCCCCCCCC. The smallest absolute Gasteiger partial charge is 0.306 e. The second-order valence-corrected chi connectivity index (χ2v) is 16.6. The fraction of sp³-hybridized carbons (Fsp3) is 0.673. The first-order chi connectivity index (χ1) is 30.0. The Morgan fingerprint density at radius 1 is 0.525 bits per heavy atom. The molecular formula is C55H93NO5. The highest BCUT2D eigenvalue weighted by Gasteiger charge is 2.23. The molecule has 61 heavy (non-hydrogen) atoms. The summed E-state index contributed by atoms with van der Waals surface area (Å²) < 4.78 is 5.85. The highest BCUT2D eigenvalue weighted by atomic mass is 16.5. The molecule has 0 aliphatic carbocycles. The molecule has 0 aromatic heterocycles. The first-order valence-electron chi connectivity index (χ1n) is 25.0. The Kier molecular flexibility index (Phi) is 45.3. The first-order valence-corrected chi connectivity index (χ1v) is 25.0. The number of carbonyl (C=O) groups is 2. The van der Waals surface area contributed by atoms with E-state index in [0.717, 1.165) is 83.5 Å². The van der Waals surface area contributed by atoms with Gasteiger partial charge < -0.3 is 20.3 Å². The first kappa shape index (κ1) is 57.8. The van der Waals surface area contributed by atoms with Crippen molar-refractivity contribution in [1.82, 2.24) is 5.32 Å². The van der Waals surface area contributed by atoms with E-state index in [1.807, 2.05) is 30.4 Å². The molecule has 0 heterocycles. The Balaban J connectivity index is 4.79. The number of nitrogens with one attached hydrogen (secondary N) is 1. The van der Waals surface area contributed by atoms with E-state index < -0.39 is 18.2 Å². The highest BCUT2D eigenvalue weighted by molar-refractivity contribution is 5.77. The molecule has 6 heteroatoms. The molecule has 1 amide bonds. The largest absolute Gasteiger partial charge is 0.461 e. The molecular weight excluding hydrogens is 755 g/mol. The zero-order chi connectivity index (χ0) is 44.5. The lowest BCUT2D eigenvalue weighted by Gasteiger charge is -2.24. The van der Waals surface area contributed by atoms with E-state index in [0.29, 0.717) is 19.3 Å². The number of unbranched alkanes of at least 4 members (excludes halogenated alkanes) is 19. The summed E-state index contributed by atoms with van der Waals surface area (Å²) in [5, 5.41) is 23.7. The Hall–Kier alpha value is -3.22. The van der Waals surface area contributed by atoms with Gasteiger partial charge in [0.05, 0.1) is 25.2 Å². The number of allylic oxidation sites excluding steroid dienone is 15. The number of hydrogen-bond donors (Lipinski definition) is 3. The third-order valence-electron chi connectivity index (χ3n) is 10.7. The van der Waals surface area contributed by atoms with Crippen LogP contribution in [-0.2, 0) is 14.3 Å². The molecule has 6 nitrogen and oxygen atoms in total. The summed E-state index contributed by atoms with van der Waals surface area (Å²) in [6.45, 7) is 6.27. The van der Waals surface area contributed by atoms with Crippen LogP contribution in [0, 0.1) is 0 Å². The molecule has 0 bridgehead atoms. The van der Waals surface area contributed by atoms with Crippen molar-refractivity contribution in [3.8, 4) is 0 Å². The molecule has 0 aliphatic rings. The Bertz CT molecular complexity index is 1220. The number of ether oxygens (including phenoxy) is 1. The summed E-state index contributed by atoms with van der Waals surface area (Å²) in [5.41, 5.74) is 0. The van der Waals surface area contributed by atoms with Crippen LogP contribution in [0.25, 0.3) is 0 Å². The van der Waals surface area contributed by atoms with Gasteiger partial charge in [-0.1, -0.05) is 227 Å². The van der Waals surface area contributed by atoms with E-state index in [2.05, 4.69) is 92.9 Å². The molecule has 0 aromatic rings. The summed E-state index contributed by atoms with van der Waals surface area (Å²) in [6, 6.07) is -0.741. The van der Waals surface area contributed by atoms with Gasteiger partial charge in [0, 0.05) is 12.8 Å². The van der Waals surface area contributed by atoms with Crippen molar-refractivity contribution in [3.63, 3.8) is 0 Å². The standard InChI is InChI=1S/C55H93NO5/c1-4-7-10-13-16-19-22-25-27-29-31-34-37-40-43-46-51(61-55(60)48-45-42-39-36-33-30-28-26-23-20-17-14-11-8-5-2)49-54(59)56-52(50-57)53(58)47-44-41-38-35-32-24-21-18-15-12-9-6-3/h8,11,14,16-17,19-20,23,25-28,31,34,40,43,51-53,57-58H,4-7,9-10,12-13,15,18,21-22,24,29-30,32-33,35-39,41-42,44-50H2,1-3H3,(H,56,59)/b11-8+,17-14+,19-16-,23-20+,27-25-,28-26-,34-31-,43-40-. The van der Waals surface area contributed by atoms with E-state index in [1.54, 1.807) is 0 Å². The van der Waals surface area contributed by atoms with Crippen molar-refractivity contribution in [2.45, 2.75) is 232 Å². The summed E-state index contributed by atoms with van der Waals surface area (Å²) >= 11 is 0. The van der Waals surface area contributed by atoms with E-state index in [1.165, 1.54) is 83.5 Å². The number of hydrogen-bond acceptors (Lipinski definition) is 5. The average Bonchev–Trinajstić information content (AvgIpc) is 3.25. The summed E-state index contributed by atoms with van der Waals surface area (Å²) in [4.78, 5) is 26.1. The van der Waals surface area contributed by atoms with Crippen LogP contribution in [-0.4, -0.2) is 46.9 Å². The van der Waals surface area contributed by atoms with Crippen LogP contribution in [0.15, 0.2) is 97.2 Å². The molecule has 0 saturated carbocycles. The van der Waals surface area contributed by atoms with Crippen molar-refractivity contribution < 1.29 is 24.5 Å². The van der Waals surface area contributed by atoms with Crippen molar-refractivity contribution in [3.05, 3.63) is 97.2 Å². The van der Waals surface area contributed by atoms with Crippen LogP contribution in [0.4, 0.5) is 0 Å². The average molecular weight is 848 g/mol. The van der Waals surface area contributed by atoms with Gasteiger partial charge in [-0.05, 0) is 64.2 Å². The van der Waals surface area contributed by atoms with Gasteiger partial charge in [0.2, 0.25) is 5.91 Å². The monoisotopic (exact) mass is 848 g/mol. The van der Waals surface area contributed by atoms with Gasteiger partial charge in [0.1, 0.15) is 6.10 Å². The maximum absolute atomic E-state index is 13.2. The fourth-order valence-corrected chi connectivity index (χ4v) is 6.95. The second kappa shape index (κ2) is 47.8. The summed E-state index contributed by atoms with van der Waals surface area (Å²) in [5.74, 6) is -0.611. The lowest BCUT2D eigenvalue weighted by molar-refractivity contribution is -0.150. The fourth-order valence-electron chi connectivity index (χ4n) is 6.95. The van der Waals surface area contributed by atoms with Crippen molar-refractivity contribution >= 4 is 11.9 Å². The Morgan fingerprint density at radius 3 is 1.57 bits per heavy atom. The molecule has 0 saturated heterocycles. The Morgan fingerprint density at radius 2 is 0.984 bits per heavy atom. The number of aliphatic hydroxyl groups excluding tert-OH is 2. The number of esters is 1. The van der Waals surface area contributed by atoms with Crippen molar-refractivity contribution in [2.75, 3.05) is 6.61 Å². The van der Waals surface area contributed by atoms with E-state index in [4.69, 9.17) is 4.74 Å². The van der Waals surface area contributed by atoms with Crippen LogP contribution >= 0.6 is 0 Å². The second-order valence-electron chi connectivity index (χ2n) is 16.6. The van der Waals surface area contributed by atoms with Gasteiger partial charge in [-0.3, -0.25) is 9.59 Å². The number of aliphatic hydroxyl groups is 2. The summed E-state index contributed by atoms with van der Waals surface area (Å²) in [6.07, 6.45) is 63.3. The van der Waals surface area contributed by atoms with Crippen LogP contribution in [0.2, 0.25) is 0 Å². The molecule has 0 fully saturated rings. The predicted molar refractivity (Wildman–Crippen MR) is 264 cm³/mol. The van der Waals surface area contributed by atoms with E-state index in [9.17, 15) is 19.8 Å². The number of rotatable bonds is 43.